The number of fused-ring (bicyclic) bond motifs is 1. The van der Waals surface area contributed by atoms with E-state index in [1.54, 1.807) is 0 Å². The number of rotatable bonds is 4. The van der Waals surface area contributed by atoms with Gasteiger partial charge in [0.1, 0.15) is 0 Å². The third-order valence-electron chi connectivity index (χ3n) is 5.44. The number of hydrogen-bond acceptors (Lipinski definition) is 2. The van der Waals surface area contributed by atoms with Crippen molar-refractivity contribution in [3.05, 3.63) is 89.0 Å². The average molecular weight is 386 g/mol. The van der Waals surface area contributed by atoms with Gasteiger partial charge >= 0.3 is 6.03 Å². The molecule has 3 aromatic carbocycles. The van der Waals surface area contributed by atoms with Gasteiger partial charge in [0, 0.05) is 18.7 Å². The first-order chi connectivity index (χ1) is 14.1. The van der Waals surface area contributed by atoms with Crippen molar-refractivity contribution in [1.82, 2.24) is 5.32 Å². The normalized spacial score (nSPS) is 15.4. The van der Waals surface area contributed by atoms with Crippen LogP contribution < -0.4 is 10.6 Å². The summed E-state index contributed by atoms with van der Waals surface area (Å²) in [4.78, 5) is 12.5. The Labute approximate surface area is 171 Å². The van der Waals surface area contributed by atoms with Gasteiger partial charge in [-0.25, -0.2) is 4.79 Å². The van der Waals surface area contributed by atoms with E-state index in [2.05, 4.69) is 60.0 Å². The second-order valence-corrected chi connectivity index (χ2v) is 7.72. The Morgan fingerprint density at radius 2 is 1.79 bits per heavy atom. The number of nitrogens with one attached hydrogen (secondary N) is 2. The Morgan fingerprint density at radius 3 is 2.62 bits per heavy atom. The summed E-state index contributed by atoms with van der Waals surface area (Å²) in [6, 6.07) is 22.3. The van der Waals surface area contributed by atoms with E-state index in [1.165, 1.54) is 16.7 Å². The van der Waals surface area contributed by atoms with Crippen LogP contribution in [0.4, 0.5) is 10.5 Å². The topological polar surface area (TPSA) is 61.4 Å². The molecule has 4 nitrogen and oxygen atoms in total. The minimum absolute atomic E-state index is 0.237. The number of hydrogen-bond donors (Lipinski definition) is 3. The highest BCUT2D eigenvalue weighted by Gasteiger charge is 2.19. The van der Waals surface area contributed by atoms with Gasteiger partial charge in [0.15, 0.2) is 0 Å². The van der Waals surface area contributed by atoms with Crippen molar-refractivity contribution in [2.45, 2.75) is 38.8 Å². The molecule has 148 valence electrons. The third kappa shape index (κ3) is 4.66. The molecule has 2 amide bonds. The van der Waals surface area contributed by atoms with E-state index >= 15 is 0 Å². The quantitative estimate of drug-likeness (QED) is 0.601. The highest BCUT2D eigenvalue weighted by molar-refractivity contribution is 5.90. The molecule has 0 saturated carbocycles. The van der Waals surface area contributed by atoms with Gasteiger partial charge in [-0.15, -0.1) is 0 Å². The molecule has 1 aliphatic carbocycles. The molecule has 0 fully saturated rings. The third-order valence-corrected chi connectivity index (χ3v) is 5.44. The largest absolute Gasteiger partial charge is 0.393 e. The van der Waals surface area contributed by atoms with Crippen LogP contribution in [0.15, 0.2) is 66.7 Å². The zero-order chi connectivity index (χ0) is 20.2. The van der Waals surface area contributed by atoms with E-state index in [-0.39, 0.29) is 12.1 Å². The maximum atomic E-state index is 12.5. The standard InChI is InChI=1S/C25H26N2O2/c1-17-5-2-8-20(13-17)21-9-3-6-18(14-21)16-26-25(29)27-24-10-4-7-19-11-12-22(28)15-23(19)24/h2-10,13-14,22,28H,11-12,15-16H2,1H3,(H2,26,27,29). The van der Waals surface area contributed by atoms with E-state index in [4.69, 9.17) is 0 Å². The molecule has 0 spiro atoms. The van der Waals surface area contributed by atoms with Crippen LogP contribution >= 0.6 is 0 Å². The molecule has 0 bridgehead atoms. The molecule has 1 aliphatic rings. The van der Waals surface area contributed by atoms with Gasteiger partial charge in [0.2, 0.25) is 0 Å². The summed E-state index contributed by atoms with van der Waals surface area (Å²) in [6.45, 7) is 2.53. The van der Waals surface area contributed by atoms with Crippen molar-refractivity contribution in [3.63, 3.8) is 0 Å². The minimum atomic E-state index is -0.335. The van der Waals surface area contributed by atoms with E-state index in [0.29, 0.717) is 13.0 Å². The summed E-state index contributed by atoms with van der Waals surface area (Å²) in [6.07, 6.45) is 1.88. The number of carbonyl (C=O) groups is 1. The van der Waals surface area contributed by atoms with Crippen LogP contribution in [-0.2, 0) is 19.4 Å². The lowest BCUT2D eigenvalue weighted by molar-refractivity contribution is 0.159. The molecule has 4 heteroatoms. The summed E-state index contributed by atoms with van der Waals surface area (Å²) < 4.78 is 0. The minimum Gasteiger partial charge on any atom is -0.393 e. The second-order valence-electron chi connectivity index (χ2n) is 7.72. The molecule has 0 heterocycles. The highest BCUT2D eigenvalue weighted by Crippen LogP contribution is 2.28. The van der Waals surface area contributed by atoms with Gasteiger partial charge in [0.25, 0.3) is 0 Å². The van der Waals surface area contributed by atoms with E-state index in [0.717, 1.165) is 35.2 Å². The molecule has 3 aromatic rings. The first kappa shape index (κ1) is 19.2. The maximum absolute atomic E-state index is 12.5. The Hall–Kier alpha value is -3.11. The zero-order valence-electron chi connectivity index (χ0n) is 16.6. The van der Waals surface area contributed by atoms with Crippen LogP contribution in [0.2, 0.25) is 0 Å². The Bertz CT molecular complexity index is 1030. The van der Waals surface area contributed by atoms with Crippen molar-refractivity contribution < 1.29 is 9.90 Å². The van der Waals surface area contributed by atoms with Crippen LogP contribution in [-0.4, -0.2) is 17.2 Å². The fraction of sp³-hybridized carbons (Fsp3) is 0.240. The van der Waals surface area contributed by atoms with Crippen molar-refractivity contribution in [2.75, 3.05) is 5.32 Å². The first-order valence-electron chi connectivity index (χ1n) is 10.1. The molecule has 1 atom stereocenters. The number of aliphatic hydroxyl groups excluding tert-OH is 1. The number of benzene rings is 3. The van der Waals surface area contributed by atoms with Gasteiger partial charge in [0.05, 0.1) is 6.10 Å². The lowest BCUT2D eigenvalue weighted by Crippen LogP contribution is -2.29. The summed E-state index contributed by atoms with van der Waals surface area (Å²) in [5, 5.41) is 15.9. The Kier molecular flexibility index (Phi) is 5.63. The summed E-state index contributed by atoms with van der Waals surface area (Å²) in [5.74, 6) is 0. The number of aliphatic hydroxyl groups is 1. The van der Waals surface area contributed by atoms with Gasteiger partial charge in [-0.3, -0.25) is 0 Å². The number of amides is 2. The monoisotopic (exact) mass is 386 g/mol. The van der Waals surface area contributed by atoms with Crippen molar-refractivity contribution in [1.29, 1.82) is 0 Å². The van der Waals surface area contributed by atoms with Gasteiger partial charge in [-0.1, -0.05) is 60.2 Å². The fourth-order valence-corrected chi connectivity index (χ4v) is 3.92. The van der Waals surface area contributed by atoms with E-state index < -0.39 is 0 Å². The molecule has 0 saturated heterocycles. The molecular formula is C25H26N2O2. The molecule has 0 aliphatic heterocycles. The van der Waals surface area contributed by atoms with Crippen LogP contribution in [0, 0.1) is 6.92 Å². The van der Waals surface area contributed by atoms with Gasteiger partial charge in [-0.2, -0.15) is 0 Å². The van der Waals surface area contributed by atoms with Crippen molar-refractivity contribution in [2.24, 2.45) is 0 Å². The van der Waals surface area contributed by atoms with E-state index in [9.17, 15) is 9.90 Å². The number of carbonyl (C=O) groups excluding carboxylic acids is 1. The summed E-state index contributed by atoms with van der Waals surface area (Å²) in [7, 11) is 0. The SMILES string of the molecule is Cc1cccc(-c2cccc(CNC(=O)Nc3cccc4c3CC(O)CC4)c2)c1. The predicted molar refractivity (Wildman–Crippen MR) is 117 cm³/mol. The lowest BCUT2D eigenvalue weighted by atomic mass is 9.88. The lowest BCUT2D eigenvalue weighted by Gasteiger charge is -2.23. The van der Waals surface area contributed by atoms with Gasteiger partial charge in [-0.05, 0) is 59.7 Å². The number of anilines is 1. The molecular weight excluding hydrogens is 360 g/mol. The molecule has 0 aromatic heterocycles. The fourth-order valence-electron chi connectivity index (χ4n) is 3.92. The summed E-state index contributed by atoms with van der Waals surface area (Å²) in [5.41, 5.74) is 7.62. The number of urea groups is 1. The van der Waals surface area contributed by atoms with Crippen LogP contribution in [0.5, 0.6) is 0 Å². The molecule has 1 unspecified atom stereocenters. The van der Waals surface area contributed by atoms with Crippen molar-refractivity contribution >= 4 is 11.7 Å². The van der Waals surface area contributed by atoms with Crippen LogP contribution in [0.1, 0.15) is 28.7 Å². The second kappa shape index (κ2) is 8.50. The van der Waals surface area contributed by atoms with E-state index in [1.807, 2.05) is 24.3 Å². The first-order valence-corrected chi connectivity index (χ1v) is 10.1. The molecule has 29 heavy (non-hydrogen) atoms. The Balaban J connectivity index is 1.41. The predicted octanol–water partition coefficient (Wildman–Crippen LogP) is 4.83. The molecule has 4 rings (SSSR count). The smallest absolute Gasteiger partial charge is 0.319 e. The molecule has 3 N–H and O–H groups in total. The molecule has 0 radical (unpaired) electrons. The summed E-state index contributed by atoms with van der Waals surface area (Å²) >= 11 is 0. The maximum Gasteiger partial charge on any atom is 0.319 e. The highest BCUT2D eigenvalue weighted by atomic mass is 16.3. The Morgan fingerprint density at radius 1 is 1.03 bits per heavy atom. The van der Waals surface area contributed by atoms with Crippen LogP contribution in [0.3, 0.4) is 0 Å². The average Bonchev–Trinajstić information content (AvgIpc) is 2.73. The van der Waals surface area contributed by atoms with Crippen LogP contribution in [0.25, 0.3) is 11.1 Å². The van der Waals surface area contributed by atoms with Gasteiger partial charge < -0.3 is 15.7 Å². The number of aryl methyl sites for hydroxylation is 2. The van der Waals surface area contributed by atoms with Crippen molar-refractivity contribution in [3.8, 4) is 11.1 Å². The zero-order valence-corrected chi connectivity index (χ0v) is 16.6.